The molecule has 1 aromatic carbocycles. The number of rotatable bonds is 4. The summed E-state index contributed by atoms with van der Waals surface area (Å²) in [5.74, 6) is -3.59. The number of halogens is 3. The first-order chi connectivity index (χ1) is 6.65. The maximum atomic E-state index is 12.7. The molecule has 0 fully saturated rings. The summed E-state index contributed by atoms with van der Waals surface area (Å²) in [6.07, 6.45) is 3.54. The van der Waals surface area contributed by atoms with Crippen LogP contribution in [0.2, 0.25) is 0 Å². The van der Waals surface area contributed by atoms with E-state index in [1.165, 1.54) is 0 Å². The Bertz CT molecular complexity index is 284. The zero-order valence-electron chi connectivity index (χ0n) is 8.12. The summed E-state index contributed by atoms with van der Waals surface area (Å²) in [5, 5.41) is 0. The van der Waals surface area contributed by atoms with Crippen molar-refractivity contribution >= 4 is 0 Å². The normalized spacial score (nSPS) is 10.6. The second kappa shape index (κ2) is 5.03. The minimum Gasteiger partial charge on any atom is -0.204 e. The maximum Gasteiger partial charge on any atom is 0.194 e. The van der Waals surface area contributed by atoms with E-state index in [1.807, 2.05) is 6.92 Å². The van der Waals surface area contributed by atoms with Crippen molar-refractivity contribution in [1.82, 2.24) is 0 Å². The Kier molecular flexibility index (Phi) is 3.98. The fourth-order valence-corrected chi connectivity index (χ4v) is 1.33. The molecule has 1 rings (SSSR count). The van der Waals surface area contributed by atoms with Gasteiger partial charge in [0.05, 0.1) is 0 Å². The summed E-state index contributed by atoms with van der Waals surface area (Å²) in [5.41, 5.74) is 0.523. The van der Waals surface area contributed by atoms with E-state index in [2.05, 4.69) is 0 Å². The molecule has 0 N–H and O–H groups in total. The fraction of sp³-hybridized carbons (Fsp3) is 0.455. The van der Waals surface area contributed by atoms with Crippen LogP contribution in [0.25, 0.3) is 0 Å². The number of hydrogen-bond acceptors (Lipinski definition) is 0. The van der Waals surface area contributed by atoms with Gasteiger partial charge in [0.15, 0.2) is 17.5 Å². The van der Waals surface area contributed by atoms with Gasteiger partial charge in [-0.15, -0.1) is 0 Å². The summed E-state index contributed by atoms with van der Waals surface area (Å²) >= 11 is 0. The summed E-state index contributed by atoms with van der Waals surface area (Å²) in [6.45, 7) is 2.05. The molecule has 0 nitrogen and oxygen atoms in total. The Morgan fingerprint density at radius 1 is 1.00 bits per heavy atom. The molecule has 0 aliphatic heterocycles. The van der Waals surface area contributed by atoms with Gasteiger partial charge >= 0.3 is 0 Å². The highest BCUT2D eigenvalue weighted by molar-refractivity contribution is 5.19. The monoisotopic (exact) mass is 202 g/mol. The van der Waals surface area contributed by atoms with E-state index in [0.717, 1.165) is 31.4 Å². The van der Waals surface area contributed by atoms with Gasteiger partial charge in [0.2, 0.25) is 0 Å². The first kappa shape index (κ1) is 11.1. The predicted octanol–water partition coefficient (Wildman–Crippen LogP) is 3.84. The van der Waals surface area contributed by atoms with Crippen LogP contribution in [-0.2, 0) is 6.42 Å². The Morgan fingerprint density at radius 3 is 2.07 bits per heavy atom. The van der Waals surface area contributed by atoms with Gasteiger partial charge in [0.25, 0.3) is 0 Å². The molecule has 0 saturated heterocycles. The number of unbranched alkanes of at least 4 members (excludes halogenated alkanes) is 2. The molecule has 0 radical (unpaired) electrons. The van der Waals surface area contributed by atoms with Gasteiger partial charge in [-0.25, -0.2) is 13.2 Å². The van der Waals surface area contributed by atoms with Crippen molar-refractivity contribution in [1.29, 1.82) is 0 Å². The van der Waals surface area contributed by atoms with E-state index >= 15 is 0 Å². The third-order valence-corrected chi connectivity index (χ3v) is 2.11. The fourth-order valence-electron chi connectivity index (χ4n) is 1.33. The van der Waals surface area contributed by atoms with E-state index < -0.39 is 17.5 Å². The summed E-state index contributed by atoms with van der Waals surface area (Å²) in [7, 11) is 0. The van der Waals surface area contributed by atoms with Crippen LogP contribution < -0.4 is 0 Å². The lowest BCUT2D eigenvalue weighted by molar-refractivity contribution is 0.445. The average molecular weight is 202 g/mol. The minimum absolute atomic E-state index is 0.523. The quantitative estimate of drug-likeness (QED) is 0.514. The van der Waals surface area contributed by atoms with Crippen LogP contribution in [0.5, 0.6) is 0 Å². The summed E-state index contributed by atoms with van der Waals surface area (Å²) < 4.78 is 38.0. The SMILES string of the molecule is CCCCCc1cc(F)c(F)c(F)c1. The lowest BCUT2D eigenvalue weighted by atomic mass is 10.1. The van der Waals surface area contributed by atoms with Crippen LogP contribution >= 0.6 is 0 Å². The Morgan fingerprint density at radius 2 is 1.57 bits per heavy atom. The number of hydrogen-bond donors (Lipinski definition) is 0. The van der Waals surface area contributed by atoms with Gasteiger partial charge in [-0.3, -0.25) is 0 Å². The number of aryl methyl sites for hydroxylation is 1. The van der Waals surface area contributed by atoms with Gasteiger partial charge in [-0.05, 0) is 30.5 Å². The second-order valence-corrected chi connectivity index (χ2v) is 3.33. The second-order valence-electron chi connectivity index (χ2n) is 3.33. The van der Waals surface area contributed by atoms with Gasteiger partial charge in [0, 0.05) is 0 Å². The van der Waals surface area contributed by atoms with Gasteiger partial charge in [-0.1, -0.05) is 19.8 Å². The minimum atomic E-state index is -1.38. The highest BCUT2D eigenvalue weighted by Gasteiger charge is 2.09. The van der Waals surface area contributed by atoms with Gasteiger partial charge in [0.1, 0.15) is 0 Å². The third-order valence-electron chi connectivity index (χ3n) is 2.11. The van der Waals surface area contributed by atoms with E-state index in [9.17, 15) is 13.2 Å². The molecule has 0 saturated carbocycles. The molecule has 0 spiro atoms. The highest BCUT2D eigenvalue weighted by atomic mass is 19.2. The Labute approximate surface area is 81.8 Å². The molecule has 0 aliphatic rings. The van der Waals surface area contributed by atoms with Crippen LogP contribution in [0.4, 0.5) is 13.2 Å². The largest absolute Gasteiger partial charge is 0.204 e. The molecule has 14 heavy (non-hydrogen) atoms. The van der Waals surface area contributed by atoms with E-state index in [0.29, 0.717) is 12.0 Å². The Hall–Kier alpha value is -0.990. The molecular weight excluding hydrogens is 189 g/mol. The van der Waals surface area contributed by atoms with Crippen molar-refractivity contribution < 1.29 is 13.2 Å². The summed E-state index contributed by atoms with van der Waals surface area (Å²) in [6, 6.07) is 2.13. The van der Waals surface area contributed by atoms with E-state index in [4.69, 9.17) is 0 Å². The molecule has 0 atom stereocenters. The van der Waals surface area contributed by atoms with Crippen molar-refractivity contribution in [3.63, 3.8) is 0 Å². The maximum absolute atomic E-state index is 12.7. The van der Waals surface area contributed by atoms with Crippen molar-refractivity contribution in [3.8, 4) is 0 Å². The molecule has 0 amide bonds. The molecule has 78 valence electrons. The molecule has 0 bridgehead atoms. The first-order valence-electron chi connectivity index (χ1n) is 4.78. The lowest BCUT2D eigenvalue weighted by Gasteiger charge is -2.02. The zero-order valence-corrected chi connectivity index (χ0v) is 8.12. The van der Waals surface area contributed by atoms with Crippen molar-refractivity contribution in [2.45, 2.75) is 32.6 Å². The zero-order chi connectivity index (χ0) is 10.6. The average Bonchev–Trinajstić information content (AvgIpc) is 2.14. The molecule has 0 aromatic heterocycles. The lowest BCUT2D eigenvalue weighted by Crippen LogP contribution is -1.94. The first-order valence-corrected chi connectivity index (χ1v) is 4.78. The smallest absolute Gasteiger partial charge is 0.194 e. The van der Waals surface area contributed by atoms with Crippen molar-refractivity contribution in [3.05, 3.63) is 35.1 Å². The van der Waals surface area contributed by atoms with Gasteiger partial charge in [-0.2, -0.15) is 0 Å². The van der Waals surface area contributed by atoms with E-state index in [1.54, 1.807) is 0 Å². The predicted molar refractivity (Wildman–Crippen MR) is 49.5 cm³/mol. The number of benzene rings is 1. The van der Waals surface area contributed by atoms with Crippen molar-refractivity contribution in [2.24, 2.45) is 0 Å². The molecule has 1 aromatic rings. The van der Waals surface area contributed by atoms with Crippen LogP contribution in [-0.4, -0.2) is 0 Å². The van der Waals surface area contributed by atoms with Crippen LogP contribution in [0.1, 0.15) is 31.7 Å². The highest BCUT2D eigenvalue weighted by Crippen LogP contribution is 2.15. The van der Waals surface area contributed by atoms with Crippen molar-refractivity contribution in [2.75, 3.05) is 0 Å². The van der Waals surface area contributed by atoms with Gasteiger partial charge < -0.3 is 0 Å². The topological polar surface area (TPSA) is 0 Å². The van der Waals surface area contributed by atoms with Crippen LogP contribution in [0.3, 0.4) is 0 Å². The molecule has 0 heterocycles. The molecule has 0 aliphatic carbocycles. The molecule has 3 heteroatoms. The molecule has 0 unspecified atom stereocenters. The van der Waals surface area contributed by atoms with E-state index in [-0.39, 0.29) is 0 Å². The standard InChI is InChI=1S/C11H13F3/c1-2-3-4-5-8-6-9(12)11(14)10(13)7-8/h6-7H,2-5H2,1H3. The molecular formula is C11H13F3. The van der Waals surface area contributed by atoms with Crippen LogP contribution in [0, 0.1) is 17.5 Å². The van der Waals surface area contributed by atoms with Crippen LogP contribution in [0.15, 0.2) is 12.1 Å². The summed E-state index contributed by atoms with van der Waals surface area (Å²) in [4.78, 5) is 0. The third kappa shape index (κ3) is 2.76. The Balaban J connectivity index is 2.69.